The zero-order chi connectivity index (χ0) is 14.2. The Balaban J connectivity index is 2.65. The van der Waals surface area contributed by atoms with Crippen molar-refractivity contribution >= 4 is 50.1 Å². The average molecular weight is 463 g/mol. The van der Waals surface area contributed by atoms with Gasteiger partial charge in [-0.3, -0.25) is 0 Å². The van der Waals surface area contributed by atoms with Gasteiger partial charge in [-0.1, -0.05) is 27.5 Å². The van der Waals surface area contributed by atoms with Crippen molar-refractivity contribution in [3.8, 4) is 11.4 Å². The van der Waals surface area contributed by atoms with Crippen LogP contribution in [-0.4, -0.2) is 9.97 Å². The highest BCUT2D eigenvalue weighted by Crippen LogP contribution is 2.37. The summed E-state index contributed by atoms with van der Waals surface area (Å²) in [6.07, 6.45) is -3.11. The predicted molar refractivity (Wildman–Crippen MR) is 77.9 cm³/mol. The average Bonchev–Trinajstić information content (AvgIpc) is 2.32. The first-order chi connectivity index (χ1) is 8.79. The van der Waals surface area contributed by atoms with Gasteiger partial charge >= 0.3 is 6.18 Å². The fourth-order valence-electron chi connectivity index (χ4n) is 1.42. The number of aromatic nitrogens is 2. The van der Waals surface area contributed by atoms with Gasteiger partial charge in [0.1, 0.15) is 5.15 Å². The molecule has 0 bridgehead atoms. The van der Waals surface area contributed by atoms with Gasteiger partial charge < -0.3 is 0 Å². The molecule has 0 aliphatic carbocycles. The van der Waals surface area contributed by atoms with Crippen molar-refractivity contribution in [1.82, 2.24) is 9.97 Å². The molecular weight excluding hydrogens is 459 g/mol. The van der Waals surface area contributed by atoms with Crippen LogP contribution in [0.25, 0.3) is 11.4 Å². The van der Waals surface area contributed by atoms with E-state index >= 15 is 0 Å². The fraction of sp³-hybridized carbons (Fsp3) is 0.0909. The second-order valence-electron chi connectivity index (χ2n) is 3.52. The molecule has 0 atom stereocenters. The molecule has 0 amide bonds. The van der Waals surface area contributed by atoms with E-state index in [4.69, 9.17) is 11.6 Å². The van der Waals surface area contributed by atoms with Crippen LogP contribution in [-0.2, 0) is 6.18 Å². The number of hydrogen-bond acceptors (Lipinski definition) is 2. The topological polar surface area (TPSA) is 25.8 Å². The maximum Gasteiger partial charge on any atom is 0.417 e. The van der Waals surface area contributed by atoms with E-state index in [1.807, 2.05) is 22.6 Å². The molecule has 2 nitrogen and oxygen atoms in total. The van der Waals surface area contributed by atoms with E-state index in [0.717, 1.165) is 6.07 Å². The molecule has 0 spiro atoms. The molecule has 1 aromatic carbocycles. The number of benzene rings is 1. The van der Waals surface area contributed by atoms with Crippen LogP contribution in [0.2, 0.25) is 5.15 Å². The minimum Gasteiger partial charge on any atom is -0.235 e. The normalized spacial score (nSPS) is 11.7. The van der Waals surface area contributed by atoms with E-state index in [1.54, 1.807) is 0 Å². The lowest BCUT2D eigenvalue weighted by molar-refractivity contribution is -0.137. The smallest absolute Gasteiger partial charge is 0.235 e. The van der Waals surface area contributed by atoms with Crippen LogP contribution in [0.15, 0.2) is 28.9 Å². The second-order valence-corrected chi connectivity index (χ2v) is 5.96. The third kappa shape index (κ3) is 3.38. The van der Waals surface area contributed by atoms with Gasteiger partial charge in [0.25, 0.3) is 0 Å². The summed E-state index contributed by atoms with van der Waals surface area (Å²) >= 11 is 10.7. The van der Waals surface area contributed by atoms with Gasteiger partial charge in [-0.25, -0.2) is 9.97 Å². The molecule has 8 heteroatoms. The van der Waals surface area contributed by atoms with E-state index in [0.29, 0.717) is 8.04 Å². The van der Waals surface area contributed by atoms with Gasteiger partial charge in [0.05, 0.1) is 9.13 Å². The Morgan fingerprint density at radius 1 is 1.26 bits per heavy atom. The molecule has 0 saturated heterocycles. The summed E-state index contributed by atoms with van der Waals surface area (Å²) in [5, 5.41) is 0.127. The SMILES string of the molecule is FC(F)(F)c1cc(Br)ccc1-c1ncc(I)c(Cl)n1. The number of nitrogens with zero attached hydrogens (tertiary/aromatic N) is 2. The van der Waals surface area contributed by atoms with E-state index < -0.39 is 11.7 Å². The highest BCUT2D eigenvalue weighted by molar-refractivity contribution is 14.1. The third-order valence-electron chi connectivity index (χ3n) is 2.23. The van der Waals surface area contributed by atoms with Gasteiger partial charge in [-0.05, 0) is 40.8 Å². The zero-order valence-electron chi connectivity index (χ0n) is 8.97. The lowest BCUT2D eigenvalue weighted by atomic mass is 10.1. The Hall–Kier alpha value is -0.410. The van der Waals surface area contributed by atoms with E-state index in [1.165, 1.54) is 18.3 Å². The van der Waals surface area contributed by atoms with Gasteiger partial charge in [-0.15, -0.1) is 0 Å². The zero-order valence-corrected chi connectivity index (χ0v) is 13.5. The number of alkyl halides is 3. The van der Waals surface area contributed by atoms with Crippen molar-refractivity contribution in [1.29, 1.82) is 0 Å². The highest BCUT2D eigenvalue weighted by Gasteiger charge is 2.34. The van der Waals surface area contributed by atoms with Crippen molar-refractivity contribution < 1.29 is 13.2 Å². The minimum absolute atomic E-state index is 0.0507. The molecule has 0 saturated carbocycles. The Labute approximate surface area is 133 Å². The Kier molecular flexibility index (Phi) is 4.36. The summed E-state index contributed by atoms with van der Waals surface area (Å²) in [5.41, 5.74) is -0.909. The molecule has 0 aliphatic heterocycles. The molecule has 0 unspecified atom stereocenters. The minimum atomic E-state index is -4.49. The molecule has 0 radical (unpaired) electrons. The molecule has 0 aliphatic rings. The van der Waals surface area contributed by atoms with Gasteiger partial charge in [-0.2, -0.15) is 13.2 Å². The molecule has 1 aromatic heterocycles. The summed E-state index contributed by atoms with van der Waals surface area (Å²) in [6.45, 7) is 0. The molecule has 2 aromatic rings. The van der Waals surface area contributed by atoms with Crippen molar-refractivity contribution in [2.75, 3.05) is 0 Å². The van der Waals surface area contributed by atoms with E-state index in [2.05, 4.69) is 25.9 Å². The van der Waals surface area contributed by atoms with Crippen LogP contribution in [0.4, 0.5) is 13.2 Å². The molecule has 0 fully saturated rings. The van der Waals surface area contributed by atoms with E-state index in [9.17, 15) is 13.2 Å². The maximum atomic E-state index is 13.0. The standard InChI is InChI=1S/C11H4BrClF3IN2/c12-5-1-2-6(7(3-5)11(14,15)16)10-18-4-8(17)9(13)19-10/h1-4H. The fourth-order valence-corrected chi connectivity index (χ4v) is 2.17. The Morgan fingerprint density at radius 3 is 2.53 bits per heavy atom. The summed E-state index contributed by atoms with van der Waals surface area (Å²) in [5.74, 6) is -0.0507. The van der Waals surface area contributed by atoms with Crippen LogP contribution >= 0.6 is 50.1 Å². The van der Waals surface area contributed by atoms with Crippen molar-refractivity contribution in [2.24, 2.45) is 0 Å². The molecule has 0 N–H and O–H groups in total. The van der Waals surface area contributed by atoms with Crippen molar-refractivity contribution in [2.45, 2.75) is 6.18 Å². The first-order valence-electron chi connectivity index (χ1n) is 4.84. The predicted octanol–water partition coefficient (Wildman–Crippen LogP) is 5.18. The third-order valence-corrected chi connectivity index (χ3v) is 4.12. The first-order valence-corrected chi connectivity index (χ1v) is 7.09. The summed E-state index contributed by atoms with van der Waals surface area (Å²) in [4.78, 5) is 7.77. The van der Waals surface area contributed by atoms with Crippen LogP contribution in [0.3, 0.4) is 0 Å². The van der Waals surface area contributed by atoms with Crippen LogP contribution in [0.5, 0.6) is 0 Å². The lowest BCUT2D eigenvalue weighted by Gasteiger charge is -2.12. The lowest BCUT2D eigenvalue weighted by Crippen LogP contribution is -2.08. The van der Waals surface area contributed by atoms with Crippen LogP contribution in [0, 0.1) is 3.57 Å². The van der Waals surface area contributed by atoms with Gasteiger partial charge in [0.2, 0.25) is 0 Å². The summed E-state index contributed by atoms with van der Waals surface area (Å²) in [7, 11) is 0. The number of halogens is 6. The number of hydrogen-bond donors (Lipinski definition) is 0. The highest BCUT2D eigenvalue weighted by atomic mass is 127. The largest absolute Gasteiger partial charge is 0.417 e. The van der Waals surface area contributed by atoms with Crippen LogP contribution in [0.1, 0.15) is 5.56 Å². The molecule has 2 rings (SSSR count). The molecule has 1 heterocycles. The number of rotatable bonds is 1. The quantitative estimate of drug-likeness (QED) is 0.430. The maximum absolute atomic E-state index is 13.0. The van der Waals surface area contributed by atoms with Crippen LogP contribution < -0.4 is 0 Å². The Morgan fingerprint density at radius 2 is 1.95 bits per heavy atom. The van der Waals surface area contributed by atoms with Gasteiger partial charge in [0, 0.05) is 16.2 Å². The molecule has 100 valence electrons. The van der Waals surface area contributed by atoms with Crippen molar-refractivity contribution in [3.05, 3.63) is 43.2 Å². The van der Waals surface area contributed by atoms with Crippen molar-refractivity contribution in [3.63, 3.8) is 0 Å². The second kappa shape index (κ2) is 5.53. The Bertz CT molecular complexity index is 634. The summed E-state index contributed by atoms with van der Waals surface area (Å²) < 4.78 is 39.9. The molecule has 19 heavy (non-hydrogen) atoms. The molecular formula is C11H4BrClF3IN2. The first kappa shape index (κ1) is 15.0. The summed E-state index contributed by atoms with van der Waals surface area (Å²) in [6, 6.07) is 3.80. The van der Waals surface area contributed by atoms with E-state index in [-0.39, 0.29) is 16.5 Å². The van der Waals surface area contributed by atoms with Gasteiger partial charge in [0.15, 0.2) is 5.82 Å². The monoisotopic (exact) mass is 462 g/mol.